The Kier molecular flexibility index (Phi) is 9.33. The van der Waals surface area contributed by atoms with Crippen LogP contribution in [-0.4, -0.2) is 36.3 Å². The van der Waals surface area contributed by atoms with Gasteiger partial charge in [0.2, 0.25) is 0 Å². The molecular formula is C14H28N2O2. The molecule has 0 aliphatic rings. The van der Waals surface area contributed by atoms with Crippen molar-refractivity contribution in [2.75, 3.05) is 19.6 Å². The Morgan fingerprint density at radius 1 is 1.11 bits per heavy atom. The first kappa shape index (κ1) is 16.9. The van der Waals surface area contributed by atoms with Crippen LogP contribution in [0, 0.1) is 5.92 Å². The highest BCUT2D eigenvalue weighted by Crippen LogP contribution is 1.99. The number of carbonyl (C=O) groups is 2. The highest BCUT2D eigenvalue weighted by molar-refractivity contribution is 6.34. The van der Waals surface area contributed by atoms with Gasteiger partial charge < -0.3 is 10.2 Å². The summed E-state index contributed by atoms with van der Waals surface area (Å²) < 4.78 is 0. The van der Waals surface area contributed by atoms with E-state index in [1.165, 1.54) is 0 Å². The number of rotatable bonds is 8. The number of amides is 2. The molecule has 0 heterocycles. The van der Waals surface area contributed by atoms with Crippen molar-refractivity contribution < 1.29 is 9.59 Å². The van der Waals surface area contributed by atoms with E-state index < -0.39 is 5.91 Å². The van der Waals surface area contributed by atoms with Crippen LogP contribution >= 0.6 is 0 Å². The number of hydrogen-bond donors (Lipinski definition) is 1. The maximum absolute atomic E-state index is 11.9. The van der Waals surface area contributed by atoms with E-state index in [0.29, 0.717) is 25.6 Å². The Morgan fingerprint density at radius 2 is 1.78 bits per heavy atom. The summed E-state index contributed by atoms with van der Waals surface area (Å²) in [6.45, 7) is 10.2. The van der Waals surface area contributed by atoms with Gasteiger partial charge in [0.05, 0.1) is 0 Å². The minimum Gasteiger partial charge on any atom is -0.348 e. The van der Waals surface area contributed by atoms with E-state index in [9.17, 15) is 9.59 Å². The molecular weight excluding hydrogens is 228 g/mol. The Morgan fingerprint density at radius 3 is 2.28 bits per heavy atom. The lowest BCUT2D eigenvalue weighted by Gasteiger charge is -2.21. The number of carbonyl (C=O) groups excluding carboxylic acids is 2. The highest BCUT2D eigenvalue weighted by atomic mass is 16.2. The molecule has 0 unspecified atom stereocenters. The zero-order valence-electron chi connectivity index (χ0n) is 12.3. The molecule has 0 saturated heterocycles. The van der Waals surface area contributed by atoms with Gasteiger partial charge in [-0.2, -0.15) is 0 Å². The molecule has 1 N–H and O–H groups in total. The standard InChI is InChI=1S/C14H28N2O2/c1-5-7-11-16(10-6-2)14(18)13(17)15-9-8-12(3)4/h12H,5-11H2,1-4H3,(H,15,17). The molecule has 0 aliphatic carbocycles. The lowest BCUT2D eigenvalue weighted by molar-refractivity contribution is -0.145. The molecule has 0 aromatic carbocycles. The second-order valence-corrected chi connectivity index (χ2v) is 5.08. The molecule has 4 nitrogen and oxygen atoms in total. The fraction of sp³-hybridized carbons (Fsp3) is 0.857. The summed E-state index contributed by atoms with van der Waals surface area (Å²) in [7, 11) is 0. The molecule has 106 valence electrons. The highest BCUT2D eigenvalue weighted by Gasteiger charge is 2.20. The Hall–Kier alpha value is -1.06. The predicted molar refractivity (Wildman–Crippen MR) is 74.2 cm³/mol. The van der Waals surface area contributed by atoms with E-state index in [1.54, 1.807) is 4.90 Å². The maximum atomic E-state index is 11.9. The van der Waals surface area contributed by atoms with Crippen molar-refractivity contribution in [1.82, 2.24) is 10.2 Å². The van der Waals surface area contributed by atoms with Crippen molar-refractivity contribution in [3.05, 3.63) is 0 Å². The summed E-state index contributed by atoms with van der Waals surface area (Å²) in [5, 5.41) is 2.70. The number of hydrogen-bond acceptors (Lipinski definition) is 2. The summed E-state index contributed by atoms with van der Waals surface area (Å²) in [6.07, 6.45) is 3.77. The average Bonchev–Trinajstić information content (AvgIpc) is 2.33. The monoisotopic (exact) mass is 256 g/mol. The molecule has 0 bridgehead atoms. The van der Waals surface area contributed by atoms with Gasteiger partial charge in [-0.05, 0) is 25.2 Å². The van der Waals surface area contributed by atoms with Crippen LogP contribution < -0.4 is 5.32 Å². The molecule has 0 spiro atoms. The smallest absolute Gasteiger partial charge is 0.311 e. The predicted octanol–water partition coefficient (Wildman–Crippen LogP) is 2.19. The molecule has 0 radical (unpaired) electrons. The van der Waals surface area contributed by atoms with Crippen LogP contribution in [0.2, 0.25) is 0 Å². The van der Waals surface area contributed by atoms with Crippen molar-refractivity contribution >= 4 is 11.8 Å². The fourth-order valence-corrected chi connectivity index (χ4v) is 1.63. The maximum Gasteiger partial charge on any atom is 0.311 e. The SMILES string of the molecule is CCCCN(CCC)C(=O)C(=O)NCCC(C)C. The third kappa shape index (κ3) is 7.30. The van der Waals surface area contributed by atoms with Crippen LogP contribution in [0.15, 0.2) is 0 Å². The van der Waals surface area contributed by atoms with Crippen LogP contribution in [-0.2, 0) is 9.59 Å². The third-order valence-electron chi connectivity index (χ3n) is 2.76. The van der Waals surface area contributed by atoms with Crippen LogP contribution in [0.25, 0.3) is 0 Å². The van der Waals surface area contributed by atoms with Gasteiger partial charge in [-0.1, -0.05) is 34.1 Å². The molecule has 0 aromatic heterocycles. The summed E-state index contributed by atoms with van der Waals surface area (Å²) in [5.41, 5.74) is 0. The lowest BCUT2D eigenvalue weighted by atomic mass is 10.1. The van der Waals surface area contributed by atoms with Gasteiger partial charge in [-0.15, -0.1) is 0 Å². The molecule has 18 heavy (non-hydrogen) atoms. The van der Waals surface area contributed by atoms with Crippen molar-refractivity contribution in [2.45, 2.75) is 53.4 Å². The van der Waals surface area contributed by atoms with E-state index in [-0.39, 0.29) is 5.91 Å². The number of nitrogens with one attached hydrogen (secondary N) is 1. The normalized spacial score (nSPS) is 10.5. The minimum absolute atomic E-state index is 0.381. The first-order valence-electron chi connectivity index (χ1n) is 7.10. The third-order valence-corrected chi connectivity index (χ3v) is 2.76. The molecule has 0 saturated carbocycles. The number of unbranched alkanes of at least 4 members (excludes halogenated alkanes) is 1. The Labute approximate surface area is 111 Å². The Bertz CT molecular complexity index is 252. The molecule has 0 aromatic rings. The molecule has 0 fully saturated rings. The fourth-order valence-electron chi connectivity index (χ4n) is 1.63. The zero-order chi connectivity index (χ0) is 14.0. The minimum atomic E-state index is -0.458. The van der Waals surface area contributed by atoms with Crippen molar-refractivity contribution in [1.29, 1.82) is 0 Å². The Balaban J connectivity index is 4.15. The summed E-state index contributed by atoms with van der Waals surface area (Å²) in [5.74, 6) is -0.304. The average molecular weight is 256 g/mol. The van der Waals surface area contributed by atoms with E-state index >= 15 is 0 Å². The van der Waals surface area contributed by atoms with E-state index in [2.05, 4.69) is 26.1 Å². The molecule has 2 amide bonds. The van der Waals surface area contributed by atoms with Crippen LogP contribution in [0.5, 0.6) is 0 Å². The van der Waals surface area contributed by atoms with Crippen LogP contribution in [0.1, 0.15) is 53.4 Å². The quantitative estimate of drug-likeness (QED) is 0.677. The van der Waals surface area contributed by atoms with E-state index in [0.717, 1.165) is 25.7 Å². The van der Waals surface area contributed by atoms with Gasteiger partial charge in [0.25, 0.3) is 0 Å². The summed E-state index contributed by atoms with van der Waals surface area (Å²) in [6, 6.07) is 0. The largest absolute Gasteiger partial charge is 0.348 e. The van der Waals surface area contributed by atoms with Gasteiger partial charge in [0.15, 0.2) is 0 Å². The molecule has 0 rings (SSSR count). The van der Waals surface area contributed by atoms with Crippen LogP contribution in [0.3, 0.4) is 0 Å². The number of nitrogens with zero attached hydrogens (tertiary/aromatic N) is 1. The van der Waals surface area contributed by atoms with Gasteiger partial charge in [0, 0.05) is 19.6 Å². The summed E-state index contributed by atoms with van der Waals surface area (Å²) in [4.78, 5) is 25.3. The van der Waals surface area contributed by atoms with E-state index in [1.807, 2.05) is 6.92 Å². The first-order valence-corrected chi connectivity index (χ1v) is 7.10. The van der Waals surface area contributed by atoms with Crippen molar-refractivity contribution in [3.63, 3.8) is 0 Å². The van der Waals surface area contributed by atoms with Crippen molar-refractivity contribution in [3.8, 4) is 0 Å². The molecule has 0 aliphatic heterocycles. The second kappa shape index (κ2) is 9.92. The lowest BCUT2D eigenvalue weighted by Crippen LogP contribution is -2.44. The molecule has 4 heteroatoms. The van der Waals surface area contributed by atoms with Crippen LogP contribution in [0.4, 0.5) is 0 Å². The summed E-state index contributed by atoms with van der Waals surface area (Å²) >= 11 is 0. The van der Waals surface area contributed by atoms with Gasteiger partial charge >= 0.3 is 11.8 Å². The topological polar surface area (TPSA) is 49.4 Å². The first-order chi connectivity index (χ1) is 8.52. The van der Waals surface area contributed by atoms with Gasteiger partial charge in [0.1, 0.15) is 0 Å². The zero-order valence-corrected chi connectivity index (χ0v) is 12.3. The van der Waals surface area contributed by atoms with E-state index in [4.69, 9.17) is 0 Å². The second-order valence-electron chi connectivity index (χ2n) is 5.08. The van der Waals surface area contributed by atoms with Gasteiger partial charge in [-0.25, -0.2) is 0 Å². The van der Waals surface area contributed by atoms with Crippen molar-refractivity contribution in [2.24, 2.45) is 5.92 Å². The molecule has 0 atom stereocenters. The van der Waals surface area contributed by atoms with Gasteiger partial charge in [-0.3, -0.25) is 9.59 Å².